The van der Waals surface area contributed by atoms with Crippen LogP contribution in [0.1, 0.15) is 17.5 Å². The molecule has 1 aliphatic rings. The third kappa shape index (κ3) is 5.92. The van der Waals surface area contributed by atoms with Crippen molar-refractivity contribution in [3.8, 4) is 0 Å². The van der Waals surface area contributed by atoms with Crippen molar-refractivity contribution < 1.29 is 9.59 Å². The van der Waals surface area contributed by atoms with Crippen molar-refractivity contribution in [2.24, 2.45) is 10.2 Å². The number of hydrogen-bond acceptors (Lipinski definition) is 5. The summed E-state index contributed by atoms with van der Waals surface area (Å²) in [6.07, 6.45) is 5.29. The van der Waals surface area contributed by atoms with Crippen molar-refractivity contribution in [2.75, 3.05) is 5.32 Å². The van der Waals surface area contributed by atoms with Crippen LogP contribution in [-0.4, -0.2) is 28.4 Å². The highest BCUT2D eigenvalue weighted by Gasteiger charge is 2.32. The second-order valence-corrected chi connectivity index (χ2v) is 7.35. The number of carbonyl (C=O) groups is 2. The highest BCUT2D eigenvalue weighted by Crippen LogP contribution is 2.23. The van der Waals surface area contributed by atoms with Gasteiger partial charge in [0.1, 0.15) is 5.25 Å². The smallest absolute Gasteiger partial charge is 0.240 e. The van der Waals surface area contributed by atoms with Gasteiger partial charge in [0, 0.05) is 18.3 Å². The fourth-order valence-electron chi connectivity index (χ4n) is 2.45. The second kappa shape index (κ2) is 9.66. The van der Waals surface area contributed by atoms with Crippen molar-refractivity contribution in [1.82, 2.24) is 5.32 Å². The molecule has 142 valence electrons. The molecule has 28 heavy (non-hydrogen) atoms. The lowest BCUT2D eigenvalue weighted by molar-refractivity contribution is -0.122. The number of carbonyl (C=O) groups excluding carboxylic acids is 2. The molecule has 1 aliphatic heterocycles. The van der Waals surface area contributed by atoms with E-state index in [2.05, 4.69) is 20.8 Å². The molecule has 6 nitrogen and oxygen atoms in total. The summed E-state index contributed by atoms with van der Waals surface area (Å²) in [4.78, 5) is 24.2. The first-order valence-electron chi connectivity index (χ1n) is 8.77. The van der Waals surface area contributed by atoms with Crippen LogP contribution in [0.5, 0.6) is 0 Å². The SMILES string of the molecule is Cc1ccc(NC(=O)C[C@@H]2S/C(=N/N=CC=Cc3ccccc3)NC2=O)cc1. The molecular weight excluding hydrogens is 372 g/mol. The van der Waals surface area contributed by atoms with Gasteiger partial charge in [-0.25, -0.2) is 0 Å². The van der Waals surface area contributed by atoms with Gasteiger partial charge in [0.15, 0.2) is 5.17 Å². The molecule has 0 spiro atoms. The topological polar surface area (TPSA) is 82.9 Å². The Bertz CT molecular complexity index is 921. The summed E-state index contributed by atoms with van der Waals surface area (Å²) in [5.74, 6) is -0.454. The summed E-state index contributed by atoms with van der Waals surface area (Å²) < 4.78 is 0. The van der Waals surface area contributed by atoms with Crippen molar-refractivity contribution in [2.45, 2.75) is 18.6 Å². The van der Waals surface area contributed by atoms with E-state index in [0.717, 1.165) is 11.1 Å². The second-order valence-electron chi connectivity index (χ2n) is 6.15. The van der Waals surface area contributed by atoms with Gasteiger partial charge in [-0.15, -0.1) is 5.10 Å². The van der Waals surface area contributed by atoms with Gasteiger partial charge in [0.2, 0.25) is 11.8 Å². The Morgan fingerprint density at radius 1 is 1.18 bits per heavy atom. The summed E-state index contributed by atoms with van der Waals surface area (Å²) in [6, 6.07) is 17.3. The standard InChI is InChI=1S/C21H20N4O2S/c1-15-9-11-17(12-10-15)23-19(26)14-18-20(27)24-21(28-18)25-22-13-5-8-16-6-3-2-4-7-16/h2-13,18H,14H2,1H3,(H,23,26)(H,24,25,27)/t18-/m0/s1. The summed E-state index contributed by atoms with van der Waals surface area (Å²) in [6.45, 7) is 1.98. The molecule has 0 saturated carbocycles. The number of benzene rings is 2. The maximum absolute atomic E-state index is 12.2. The van der Waals surface area contributed by atoms with Crippen LogP contribution in [0.25, 0.3) is 6.08 Å². The average molecular weight is 392 g/mol. The first kappa shape index (κ1) is 19.6. The van der Waals surface area contributed by atoms with Gasteiger partial charge in [0.05, 0.1) is 0 Å². The van der Waals surface area contributed by atoms with Crippen LogP contribution in [0.4, 0.5) is 5.69 Å². The van der Waals surface area contributed by atoms with E-state index >= 15 is 0 Å². The van der Waals surface area contributed by atoms with E-state index in [9.17, 15) is 9.59 Å². The first-order chi connectivity index (χ1) is 13.6. The number of rotatable bonds is 6. The lowest BCUT2D eigenvalue weighted by Crippen LogP contribution is -2.28. The quantitative estimate of drug-likeness (QED) is 0.582. The van der Waals surface area contributed by atoms with E-state index in [1.54, 1.807) is 12.3 Å². The highest BCUT2D eigenvalue weighted by atomic mass is 32.2. The van der Waals surface area contributed by atoms with Gasteiger partial charge in [-0.3, -0.25) is 9.59 Å². The van der Waals surface area contributed by atoms with Gasteiger partial charge in [-0.05, 0) is 30.7 Å². The fraction of sp³-hybridized carbons (Fsp3) is 0.143. The molecule has 3 rings (SSSR count). The Kier molecular flexibility index (Phi) is 6.75. The van der Waals surface area contributed by atoms with E-state index in [1.165, 1.54) is 11.8 Å². The summed E-state index contributed by atoms with van der Waals surface area (Å²) in [5, 5.41) is 13.2. The molecule has 0 aromatic heterocycles. The number of nitrogens with one attached hydrogen (secondary N) is 2. The number of thioether (sulfide) groups is 1. The van der Waals surface area contributed by atoms with Crippen molar-refractivity contribution in [3.05, 3.63) is 71.8 Å². The summed E-state index contributed by atoms with van der Waals surface area (Å²) in [7, 11) is 0. The first-order valence-corrected chi connectivity index (χ1v) is 9.65. The van der Waals surface area contributed by atoms with E-state index in [1.807, 2.05) is 67.6 Å². The number of allylic oxidation sites excluding steroid dienone is 1. The Hall–Kier alpha value is -3.19. The minimum absolute atomic E-state index is 0.0705. The van der Waals surface area contributed by atoms with Crippen LogP contribution in [0.3, 0.4) is 0 Å². The van der Waals surface area contributed by atoms with Crippen LogP contribution in [0, 0.1) is 6.92 Å². The Morgan fingerprint density at radius 3 is 2.68 bits per heavy atom. The monoisotopic (exact) mass is 392 g/mol. The molecule has 0 radical (unpaired) electrons. The lowest BCUT2D eigenvalue weighted by Gasteiger charge is -2.07. The summed E-state index contributed by atoms with van der Waals surface area (Å²) in [5.41, 5.74) is 2.89. The van der Waals surface area contributed by atoms with Crippen molar-refractivity contribution >= 4 is 46.7 Å². The largest absolute Gasteiger partial charge is 0.326 e. The number of nitrogens with zero attached hydrogens (tertiary/aromatic N) is 2. The fourth-order valence-corrected chi connectivity index (χ4v) is 3.37. The Balaban J connectivity index is 1.49. The van der Waals surface area contributed by atoms with E-state index in [-0.39, 0.29) is 18.2 Å². The molecule has 0 aliphatic carbocycles. The van der Waals surface area contributed by atoms with Crippen molar-refractivity contribution in [1.29, 1.82) is 0 Å². The maximum Gasteiger partial charge on any atom is 0.240 e. The van der Waals surface area contributed by atoms with Crippen LogP contribution in [0.15, 0.2) is 70.9 Å². The molecule has 2 N–H and O–H groups in total. The number of anilines is 1. The van der Waals surface area contributed by atoms with Gasteiger partial charge in [-0.1, -0.05) is 65.9 Å². The van der Waals surface area contributed by atoms with Crippen molar-refractivity contribution in [3.63, 3.8) is 0 Å². The zero-order chi connectivity index (χ0) is 19.8. The van der Waals surface area contributed by atoms with Gasteiger partial charge >= 0.3 is 0 Å². The average Bonchev–Trinajstić information content (AvgIpc) is 3.03. The lowest BCUT2D eigenvalue weighted by atomic mass is 10.2. The zero-order valence-electron chi connectivity index (χ0n) is 15.3. The molecule has 2 amide bonds. The molecule has 2 aromatic carbocycles. The van der Waals surface area contributed by atoms with Crippen LogP contribution >= 0.6 is 11.8 Å². The molecule has 0 bridgehead atoms. The molecule has 1 atom stereocenters. The number of aryl methyl sites for hydroxylation is 1. The minimum Gasteiger partial charge on any atom is -0.326 e. The van der Waals surface area contributed by atoms with Crippen LogP contribution < -0.4 is 10.6 Å². The molecule has 0 unspecified atom stereocenters. The maximum atomic E-state index is 12.2. The normalized spacial score (nSPS) is 18.1. The van der Waals surface area contributed by atoms with Crippen LogP contribution in [-0.2, 0) is 9.59 Å². The molecule has 2 aromatic rings. The third-order valence-electron chi connectivity index (χ3n) is 3.87. The molecule has 1 saturated heterocycles. The Morgan fingerprint density at radius 2 is 1.93 bits per heavy atom. The Labute approximate surface area is 167 Å². The van der Waals surface area contributed by atoms with E-state index in [0.29, 0.717) is 10.9 Å². The minimum atomic E-state index is -0.515. The predicted octanol–water partition coefficient (Wildman–Crippen LogP) is 3.61. The third-order valence-corrected chi connectivity index (χ3v) is 4.94. The van der Waals surface area contributed by atoms with Gasteiger partial charge < -0.3 is 10.6 Å². The molecule has 1 fully saturated rings. The number of amidine groups is 1. The number of hydrogen-bond donors (Lipinski definition) is 2. The van der Waals surface area contributed by atoms with E-state index in [4.69, 9.17) is 0 Å². The van der Waals surface area contributed by atoms with Gasteiger partial charge in [0.25, 0.3) is 0 Å². The van der Waals surface area contributed by atoms with Gasteiger partial charge in [-0.2, -0.15) is 5.10 Å². The zero-order valence-corrected chi connectivity index (χ0v) is 16.1. The molecular formula is C21H20N4O2S. The van der Waals surface area contributed by atoms with Crippen LogP contribution in [0.2, 0.25) is 0 Å². The predicted molar refractivity (Wildman–Crippen MR) is 115 cm³/mol. The molecule has 1 heterocycles. The number of amides is 2. The van der Waals surface area contributed by atoms with E-state index < -0.39 is 5.25 Å². The highest BCUT2D eigenvalue weighted by molar-refractivity contribution is 8.15. The molecule has 7 heteroatoms. The summed E-state index contributed by atoms with van der Waals surface area (Å²) >= 11 is 1.21.